The Morgan fingerprint density at radius 3 is 2.67 bits per heavy atom. The lowest BCUT2D eigenvalue weighted by molar-refractivity contribution is 1.30. The summed E-state index contributed by atoms with van der Waals surface area (Å²) in [4.78, 5) is 3.24. The van der Waals surface area contributed by atoms with Crippen LogP contribution in [-0.2, 0) is 0 Å². The first-order chi connectivity index (χ1) is 5.68. The topological polar surface area (TPSA) is 15.8 Å². The van der Waals surface area contributed by atoms with Crippen LogP contribution in [0.15, 0.2) is 18.2 Å². The molecule has 0 bridgehead atoms. The van der Waals surface area contributed by atoms with Gasteiger partial charge in [0.25, 0.3) is 0 Å². The monoisotopic (exact) mass is 179 g/mol. The number of H-pyrrole nitrogens is 1. The summed E-state index contributed by atoms with van der Waals surface area (Å²) in [6, 6.07) is 6.09. The number of aryl methyl sites for hydroxylation is 2. The molecule has 1 N–H and O–H groups in total. The molecular weight excluding hydrogens is 170 g/mol. The maximum Gasteiger partial charge on any atom is 0.0648 e. The molecule has 0 saturated heterocycles. The van der Waals surface area contributed by atoms with Crippen LogP contribution in [0.5, 0.6) is 0 Å². The molecule has 2 aromatic rings. The Morgan fingerprint density at radius 2 is 2.00 bits per heavy atom. The smallest absolute Gasteiger partial charge is 0.0648 e. The van der Waals surface area contributed by atoms with Crippen LogP contribution in [-0.4, -0.2) is 4.98 Å². The van der Waals surface area contributed by atoms with Gasteiger partial charge < -0.3 is 4.98 Å². The van der Waals surface area contributed by atoms with E-state index in [0.717, 1.165) is 16.2 Å². The quantitative estimate of drug-likeness (QED) is 0.638. The number of hydrogen-bond acceptors (Lipinski definition) is 0. The number of hydrogen-bond donors (Lipinski definition) is 1. The first kappa shape index (κ1) is 7.69. The molecule has 1 heterocycles. The molecule has 2 heteroatoms. The number of aromatic nitrogens is 1. The zero-order chi connectivity index (χ0) is 8.72. The largest absolute Gasteiger partial charge is 0.357 e. The predicted octanol–water partition coefficient (Wildman–Crippen LogP) is 3.44. The van der Waals surface area contributed by atoms with Crippen LogP contribution in [0.1, 0.15) is 11.3 Å². The number of halogens is 1. The molecule has 0 spiro atoms. The highest BCUT2D eigenvalue weighted by Gasteiger charge is 2.03. The molecule has 0 saturated carbocycles. The summed E-state index contributed by atoms with van der Waals surface area (Å²) in [5, 5.41) is 2.02. The Hall–Kier alpha value is -0.950. The van der Waals surface area contributed by atoms with E-state index in [0.29, 0.717) is 0 Å². The summed E-state index contributed by atoms with van der Waals surface area (Å²) in [5.74, 6) is 0. The van der Waals surface area contributed by atoms with Crippen LogP contribution in [0, 0.1) is 13.8 Å². The zero-order valence-corrected chi connectivity index (χ0v) is 7.87. The highest BCUT2D eigenvalue weighted by Crippen LogP contribution is 2.26. The maximum atomic E-state index is 6.01. The zero-order valence-electron chi connectivity index (χ0n) is 7.11. The first-order valence-electron chi connectivity index (χ1n) is 3.93. The van der Waals surface area contributed by atoms with Gasteiger partial charge in [0.05, 0.1) is 10.5 Å². The van der Waals surface area contributed by atoms with Crippen molar-refractivity contribution in [1.82, 2.24) is 4.98 Å². The van der Waals surface area contributed by atoms with Crippen molar-refractivity contribution in [2.45, 2.75) is 13.8 Å². The fourth-order valence-corrected chi connectivity index (χ4v) is 1.67. The molecule has 0 aliphatic carbocycles. The lowest BCUT2D eigenvalue weighted by atomic mass is 10.1. The maximum absolute atomic E-state index is 6.01. The van der Waals surface area contributed by atoms with Crippen molar-refractivity contribution in [3.05, 3.63) is 34.5 Å². The molecular formula is C10H10ClN. The highest BCUT2D eigenvalue weighted by molar-refractivity contribution is 6.35. The van der Waals surface area contributed by atoms with Gasteiger partial charge in [-0.1, -0.05) is 17.7 Å². The van der Waals surface area contributed by atoms with E-state index >= 15 is 0 Å². The summed E-state index contributed by atoms with van der Waals surface area (Å²) >= 11 is 6.01. The van der Waals surface area contributed by atoms with Crippen LogP contribution in [0.2, 0.25) is 5.02 Å². The molecule has 0 aliphatic rings. The molecule has 62 valence electrons. The predicted molar refractivity (Wildman–Crippen MR) is 52.8 cm³/mol. The molecule has 0 atom stereocenters. The average molecular weight is 180 g/mol. The number of benzene rings is 1. The number of aromatic amines is 1. The van der Waals surface area contributed by atoms with Crippen molar-refractivity contribution in [2.24, 2.45) is 0 Å². The number of fused-ring (bicyclic) bond motifs is 1. The summed E-state index contributed by atoms with van der Waals surface area (Å²) in [6.07, 6.45) is 0. The normalized spacial score (nSPS) is 10.9. The van der Waals surface area contributed by atoms with Crippen molar-refractivity contribution in [3.8, 4) is 0 Å². The fourth-order valence-electron chi connectivity index (χ4n) is 1.46. The molecule has 1 aromatic heterocycles. The van der Waals surface area contributed by atoms with Gasteiger partial charge in [-0.05, 0) is 31.5 Å². The van der Waals surface area contributed by atoms with Gasteiger partial charge in [-0.15, -0.1) is 0 Å². The van der Waals surface area contributed by atoms with E-state index < -0.39 is 0 Å². The van der Waals surface area contributed by atoms with E-state index in [1.165, 1.54) is 10.9 Å². The standard InChI is InChI=1S/C10H10ClN/c1-6-3-4-9(11)10-8(6)5-7(2)12-10/h3-5,12H,1-2H3. The lowest BCUT2D eigenvalue weighted by Crippen LogP contribution is -1.75. The molecule has 0 unspecified atom stereocenters. The number of nitrogens with one attached hydrogen (secondary N) is 1. The van der Waals surface area contributed by atoms with Crippen molar-refractivity contribution in [3.63, 3.8) is 0 Å². The van der Waals surface area contributed by atoms with Crippen LogP contribution in [0.25, 0.3) is 10.9 Å². The third kappa shape index (κ3) is 1.01. The number of rotatable bonds is 0. The third-order valence-electron chi connectivity index (χ3n) is 2.10. The van der Waals surface area contributed by atoms with Gasteiger partial charge in [-0.25, -0.2) is 0 Å². The molecule has 0 aliphatic heterocycles. The minimum atomic E-state index is 0.795. The molecule has 0 amide bonds. The summed E-state index contributed by atoms with van der Waals surface area (Å²) < 4.78 is 0. The minimum Gasteiger partial charge on any atom is -0.357 e. The Kier molecular flexibility index (Phi) is 1.62. The minimum absolute atomic E-state index is 0.795. The summed E-state index contributed by atoms with van der Waals surface area (Å²) in [6.45, 7) is 4.13. The molecule has 0 radical (unpaired) electrons. The van der Waals surface area contributed by atoms with Gasteiger partial charge in [-0.2, -0.15) is 0 Å². The van der Waals surface area contributed by atoms with Crippen LogP contribution in [0.3, 0.4) is 0 Å². The van der Waals surface area contributed by atoms with E-state index in [4.69, 9.17) is 11.6 Å². The molecule has 1 nitrogen and oxygen atoms in total. The first-order valence-corrected chi connectivity index (χ1v) is 4.30. The third-order valence-corrected chi connectivity index (χ3v) is 2.41. The Balaban J connectivity index is 2.93. The summed E-state index contributed by atoms with van der Waals surface area (Å²) in [5.41, 5.74) is 3.47. The second-order valence-electron chi connectivity index (χ2n) is 3.11. The summed E-state index contributed by atoms with van der Waals surface area (Å²) in [7, 11) is 0. The van der Waals surface area contributed by atoms with Gasteiger partial charge >= 0.3 is 0 Å². The average Bonchev–Trinajstić information content (AvgIpc) is 2.41. The van der Waals surface area contributed by atoms with Crippen LogP contribution in [0.4, 0.5) is 0 Å². The Morgan fingerprint density at radius 1 is 1.25 bits per heavy atom. The van der Waals surface area contributed by atoms with E-state index in [-0.39, 0.29) is 0 Å². The molecule has 0 fully saturated rings. The molecule has 12 heavy (non-hydrogen) atoms. The van der Waals surface area contributed by atoms with E-state index in [9.17, 15) is 0 Å². The van der Waals surface area contributed by atoms with Gasteiger partial charge in [0.2, 0.25) is 0 Å². The van der Waals surface area contributed by atoms with Gasteiger partial charge in [0.15, 0.2) is 0 Å². The van der Waals surface area contributed by atoms with Crippen LogP contribution < -0.4 is 0 Å². The Labute approximate surface area is 76.4 Å². The lowest BCUT2D eigenvalue weighted by Gasteiger charge is -1.96. The van der Waals surface area contributed by atoms with E-state index in [1.807, 2.05) is 19.1 Å². The van der Waals surface area contributed by atoms with Crippen LogP contribution >= 0.6 is 11.6 Å². The molecule has 2 rings (SSSR count). The van der Waals surface area contributed by atoms with E-state index in [2.05, 4.69) is 18.0 Å². The van der Waals surface area contributed by atoms with Gasteiger partial charge in [-0.3, -0.25) is 0 Å². The van der Waals surface area contributed by atoms with E-state index in [1.54, 1.807) is 0 Å². The Bertz CT molecular complexity index is 390. The van der Waals surface area contributed by atoms with Gasteiger partial charge in [0.1, 0.15) is 0 Å². The van der Waals surface area contributed by atoms with Gasteiger partial charge in [0, 0.05) is 11.1 Å². The van der Waals surface area contributed by atoms with Crippen molar-refractivity contribution in [2.75, 3.05) is 0 Å². The second kappa shape index (κ2) is 2.53. The fraction of sp³-hybridized carbons (Fsp3) is 0.200. The van der Waals surface area contributed by atoms with Crippen molar-refractivity contribution >= 4 is 22.5 Å². The highest BCUT2D eigenvalue weighted by atomic mass is 35.5. The second-order valence-corrected chi connectivity index (χ2v) is 3.51. The molecule has 1 aromatic carbocycles. The SMILES string of the molecule is Cc1cc2c(C)ccc(Cl)c2[nH]1. The van der Waals surface area contributed by atoms with Crippen molar-refractivity contribution in [1.29, 1.82) is 0 Å². The van der Waals surface area contributed by atoms with Crippen molar-refractivity contribution < 1.29 is 0 Å².